The van der Waals surface area contributed by atoms with Gasteiger partial charge in [-0.2, -0.15) is 0 Å². The Balaban J connectivity index is 2.32. The van der Waals surface area contributed by atoms with Crippen molar-refractivity contribution >= 4 is 18.0 Å². The van der Waals surface area contributed by atoms with Crippen LogP contribution in [0.3, 0.4) is 0 Å². The normalized spacial score (nSPS) is 12.0. The number of aromatic hydroxyl groups is 1. The average molecular weight is 408 g/mol. The lowest BCUT2D eigenvalue weighted by Gasteiger charge is -2.19. The number of ether oxygens (including phenoxy) is 2. The number of benzene rings is 1. The zero-order valence-corrected chi connectivity index (χ0v) is 17.6. The highest BCUT2D eigenvalue weighted by Gasteiger charge is 2.21. The molecule has 1 aromatic carbocycles. The average Bonchev–Trinajstić information content (AvgIpc) is 2.63. The number of amides is 2. The van der Waals surface area contributed by atoms with Crippen LogP contribution < -0.4 is 10.6 Å². The van der Waals surface area contributed by atoms with Crippen LogP contribution in [0.15, 0.2) is 24.3 Å². The topological polar surface area (TPSA) is 114 Å². The SMILES string of the molecule is COC(=O)[C@H](Cc1ccc(O)cc1)NC(=O)CCCCCNC(=O)OC(C)(C)C. The highest BCUT2D eigenvalue weighted by molar-refractivity contribution is 5.84. The van der Waals surface area contributed by atoms with Gasteiger partial charge in [-0.25, -0.2) is 9.59 Å². The molecule has 0 saturated heterocycles. The summed E-state index contributed by atoms with van der Waals surface area (Å²) in [5.41, 5.74) is 0.269. The van der Waals surface area contributed by atoms with Crippen LogP contribution in [0, 0.1) is 0 Å². The maximum absolute atomic E-state index is 12.2. The van der Waals surface area contributed by atoms with E-state index in [4.69, 9.17) is 9.47 Å². The molecule has 0 unspecified atom stereocenters. The molecule has 162 valence electrons. The Labute approximate surface area is 172 Å². The van der Waals surface area contributed by atoms with Crippen LogP contribution in [-0.4, -0.2) is 48.4 Å². The van der Waals surface area contributed by atoms with Gasteiger partial charge in [0.15, 0.2) is 0 Å². The number of phenolic OH excluding ortho intramolecular Hbond substituents is 1. The highest BCUT2D eigenvalue weighted by Crippen LogP contribution is 2.12. The number of methoxy groups -OCH3 is 1. The molecule has 0 aliphatic carbocycles. The summed E-state index contributed by atoms with van der Waals surface area (Å²) in [6.07, 6.45) is 2.21. The van der Waals surface area contributed by atoms with Gasteiger partial charge in [-0.3, -0.25) is 4.79 Å². The fourth-order valence-corrected chi connectivity index (χ4v) is 2.56. The first kappa shape index (κ1) is 24.3. The minimum Gasteiger partial charge on any atom is -0.508 e. The molecule has 0 fully saturated rings. The van der Waals surface area contributed by atoms with Gasteiger partial charge < -0.3 is 25.2 Å². The number of alkyl carbamates (subject to hydrolysis) is 1. The van der Waals surface area contributed by atoms with Crippen LogP contribution in [0.2, 0.25) is 0 Å². The predicted octanol–water partition coefficient (Wildman–Crippen LogP) is 2.68. The van der Waals surface area contributed by atoms with Crippen LogP contribution in [0.1, 0.15) is 52.0 Å². The standard InChI is InChI=1S/C21H32N2O6/c1-21(2,3)29-20(27)22-13-7-5-6-8-18(25)23-17(19(26)28-4)14-15-9-11-16(24)12-10-15/h9-12,17,24H,5-8,13-14H2,1-4H3,(H,22,27)(H,23,25)/t17-/m0/s1. The molecular weight excluding hydrogens is 376 g/mol. The molecule has 1 atom stereocenters. The van der Waals surface area contributed by atoms with E-state index >= 15 is 0 Å². The van der Waals surface area contributed by atoms with E-state index in [9.17, 15) is 19.5 Å². The molecule has 1 aromatic rings. The van der Waals surface area contributed by atoms with E-state index in [-0.39, 0.29) is 24.5 Å². The number of carbonyl (C=O) groups excluding carboxylic acids is 3. The van der Waals surface area contributed by atoms with E-state index in [0.29, 0.717) is 13.0 Å². The van der Waals surface area contributed by atoms with Gasteiger partial charge in [-0.1, -0.05) is 18.6 Å². The minimum absolute atomic E-state index is 0.133. The summed E-state index contributed by atoms with van der Waals surface area (Å²) in [5.74, 6) is -0.624. The summed E-state index contributed by atoms with van der Waals surface area (Å²) in [4.78, 5) is 35.7. The lowest BCUT2D eigenvalue weighted by molar-refractivity contribution is -0.145. The monoisotopic (exact) mass is 408 g/mol. The second-order valence-corrected chi connectivity index (χ2v) is 7.75. The second kappa shape index (κ2) is 11.9. The van der Waals surface area contributed by atoms with Crippen molar-refractivity contribution in [1.29, 1.82) is 0 Å². The fraction of sp³-hybridized carbons (Fsp3) is 0.571. The molecular formula is C21H32N2O6. The van der Waals surface area contributed by atoms with Crippen LogP contribution >= 0.6 is 0 Å². The smallest absolute Gasteiger partial charge is 0.407 e. The number of hydrogen-bond donors (Lipinski definition) is 3. The zero-order chi connectivity index (χ0) is 21.9. The summed E-state index contributed by atoms with van der Waals surface area (Å²) < 4.78 is 9.91. The molecule has 0 aromatic heterocycles. The van der Waals surface area contributed by atoms with Gasteiger partial charge in [0.1, 0.15) is 17.4 Å². The summed E-state index contributed by atoms with van der Waals surface area (Å²) >= 11 is 0. The Morgan fingerprint density at radius 2 is 1.72 bits per heavy atom. The van der Waals surface area contributed by atoms with Crippen molar-refractivity contribution in [3.05, 3.63) is 29.8 Å². The van der Waals surface area contributed by atoms with Gasteiger partial charge in [0.25, 0.3) is 0 Å². The van der Waals surface area contributed by atoms with Crippen molar-refractivity contribution in [2.75, 3.05) is 13.7 Å². The first-order valence-corrected chi connectivity index (χ1v) is 9.72. The lowest BCUT2D eigenvalue weighted by atomic mass is 10.1. The molecule has 0 heterocycles. The third kappa shape index (κ3) is 11.0. The predicted molar refractivity (Wildman–Crippen MR) is 108 cm³/mol. The fourth-order valence-electron chi connectivity index (χ4n) is 2.56. The largest absolute Gasteiger partial charge is 0.508 e. The molecule has 0 radical (unpaired) electrons. The minimum atomic E-state index is -0.786. The third-order valence-corrected chi connectivity index (χ3v) is 3.95. The first-order valence-electron chi connectivity index (χ1n) is 9.72. The second-order valence-electron chi connectivity index (χ2n) is 7.75. The van der Waals surface area contributed by atoms with Crippen molar-refractivity contribution in [2.45, 2.75) is 64.5 Å². The Morgan fingerprint density at radius 3 is 2.31 bits per heavy atom. The van der Waals surface area contributed by atoms with Gasteiger partial charge in [-0.15, -0.1) is 0 Å². The van der Waals surface area contributed by atoms with Gasteiger partial charge in [0.2, 0.25) is 5.91 Å². The number of hydrogen-bond acceptors (Lipinski definition) is 6. The van der Waals surface area contributed by atoms with Gasteiger partial charge in [-0.05, 0) is 51.3 Å². The van der Waals surface area contributed by atoms with E-state index in [2.05, 4.69) is 10.6 Å². The van der Waals surface area contributed by atoms with Crippen molar-refractivity contribution in [3.63, 3.8) is 0 Å². The summed E-state index contributed by atoms with van der Waals surface area (Å²) in [6.45, 7) is 5.87. The third-order valence-electron chi connectivity index (χ3n) is 3.95. The number of rotatable bonds is 10. The molecule has 29 heavy (non-hydrogen) atoms. The molecule has 0 aliphatic rings. The zero-order valence-electron chi connectivity index (χ0n) is 17.6. The number of phenols is 1. The van der Waals surface area contributed by atoms with Gasteiger partial charge in [0, 0.05) is 19.4 Å². The number of unbranched alkanes of at least 4 members (excludes halogenated alkanes) is 2. The van der Waals surface area contributed by atoms with Crippen molar-refractivity contribution in [3.8, 4) is 5.75 Å². The van der Waals surface area contributed by atoms with E-state index in [0.717, 1.165) is 18.4 Å². The molecule has 3 N–H and O–H groups in total. The molecule has 0 bridgehead atoms. The Kier molecular flexibility index (Phi) is 9.99. The summed E-state index contributed by atoms with van der Waals surface area (Å²) in [7, 11) is 1.27. The van der Waals surface area contributed by atoms with Gasteiger partial charge >= 0.3 is 12.1 Å². The summed E-state index contributed by atoms with van der Waals surface area (Å²) in [6, 6.07) is 5.64. The van der Waals surface area contributed by atoms with Crippen LogP contribution in [-0.2, 0) is 25.5 Å². The molecule has 0 spiro atoms. The Hall–Kier alpha value is -2.77. The lowest BCUT2D eigenvalue weighted by Crippen LogP contribution is -2.43. The summed E-state index contributed by atoms with van der Waals surface area (Å²) in [5, 5.41) is 14.7. The Morgan fingerprint density at radius 1 is 1.07 bits per heavy atom. The molecule has 8 nitrogen and oxygen atoms in total. The van der Waals surface area contributed by atoms with Crippen molar-refractivity contribution < 1.29 is 29.0 Å². The maximum Gasteiger partial charge on any atom is 0.407 e. The number of esters is 1. The van der Waals surface area contributed by atoms with E-state index in [1.54, 1.807) is 32.9 Å². The van der Waals surface area contributed by atoms with E-state index in [1.165, 1.54) is 19.2 Å². The number of nitrogens with one attached hydrogen (secondary N) is 2. The van der Waals surface area contributed by atoms with E-state index in [1.807, 2.05) is 0 Å². The van der Waals surface area contributed by atoms with Crippen molar-refractivity contribution in [1.82, 2.24) is 10.6 Å². The van der Waals surface area contributed by atoms with Crippen LogP contribution in [0.4, 0.5) is 4.79 Å². The molecule has 0 aliphatic heterocycles. The molecule has 8 heteroatoms. The van der Waals surface area contributed by atoms with Crippen molar-refractivity contribution in [2.24, 2.45) is 0 Å². The first-order chi connectivity index (χ1) is 13.6. The molecule has 0 saturated carbocycles. The van der Waals surface area contributed by atoms with Gasteiger partial charge in [0.05, 0.1) is 7.11 Å². The molecule has 1 rings (SSSR count). The number of carbonyl (C=O) groups is 3. The van der Waals surface area contributed by atoms with Crippen LogP contribution in [0.25, 0.3) is 0 Å². The highest BCUT2D eigenvalue weighted by atomic mass is 16.6. The maximum atomic E-state index is 12.2. The van der Waals surface area contributed by atoms with E-state index < -0.39 is 23.7 Å². The Bertz CT molecular complexity index is 667. The molecule has 2 amide bonds. The van der Waals surface area contributed by atoms with Crippen LogP contribution in [0.5, 0.6) is 5.75 Å². The quantitative estimate of drug-likeness (QED) is 0.405.